The van der Waals surface area contributed by atoms with Crippen molar-refractivity contribution in [3.05, 3.63) is 122 Å². The first-order valence-corrected chi connectivity index (χ1v) is 27.1. The van der Waals surface area contributed by atoms with Crippen LogP contribution >= 0.6 is 0 Å². The maximum absolute atomic E-state index is 7.71. The standard InChI is InChI=1S/C66H83BN2O/c1-38-29-40(59(3,4)5)30-39(2)57(38)69-51-36-48-47(64(15,16)26-27-65(48,17)18)35-50(51)67-55-43-34-46-49(66(19,20)28-25-63(46,13)14)37-54(43)70-58(55)68(52-31-41(60(6,7)8)32-53(69)56(52)67)42-21-22-44-45(33-42)62(11,12)24-23-61(44,9)10/h21-22,29-37H,23-28H2,1-20H3. The average molecular weight is 931 g/mol. The third kappa shape index (κ3) is 6.86. The molecule has 1 aromatic heterocycles. The van der Waals surface area contributed by atoms with Gasteiger partial charge in [0.15, 0.2) is 0 Å². The molecular weight excluding hydrogens is 848 g/mol. The van der Waals surface area contributed by atoms with Gasteiger partial charge in [-0.25, -0.2) is 0 Å². The molecule has 0 amide bonds. The smallest absolute Gasteiger partial charge is 0.257 e. The Labute approximate surface area is 423 Å². The Morgan fingerprint density at radius 3 is 1.39 bits per heavy atom. The Morgan fingerprint density at radius 1 is 0.443 bits per heavy atom. The fraction of sp³-hybridized carbons (Fsp3) is 0.515. The molecule has 0 atom stereocenters. The quantitative estimate of drug-likeness (QED) is 0.161. The Balaban J connectivity index is 1.33. The van der Waals surface area contributed by atoms with Crippen molar-refractivity contribution >= 4 is 68.4 Å². The SMILES string of the molecule is Cc1cc(C(C)(C)C)cc(C)c1N1c2cc3c(cc2B2c4c(cc(C(C)(C)C)cc41)N(c1ccc4c(c1)C(C)(C)CCC4(C)C)c1oc4cc5c(cc4c12)C(C)(C)CCC5(C)C)C(C)(C)CCC3(C)C. The van der Waals surface area contributed by atoms with Crippen molar-refractivity contribution in [3.63, 3.8) is 0 Å². The molecule has 70 heavy (non-hydrogen) atoms. The number of anilines is 6. The zero-order valence-corrected chi connectivity index (χ0v) is 47.0. The number of hydrogen-bond donors (Lipinski definition) is 0. The highest BCUT2D eigenvalue weighted by Gasteiger charge is 2.51. The fourth-order valence-electron chi connectivity index (χ4n) is 14.0. The Bertz CT molecular complexity index is 3200. The maximum Gasteiger partial charge on any atom is 0.257 e. The summed E-state index contributed by atoms with van der Waals surface area (Å²) in [7, 11) is 0. The summed E-state index contributed by atoms with van der Waals surface area (Å²) in [6, 6.07) is 28.1. The zero-order valence-electron chi connectivity index (χ0n) is 47.0. The summed E-state index contributed by atoms with van der Waals surface area (Å²) in [6.07, 6.45) is 7.01. The largest absolute Gasteiger partial charge is 0.440 e. The molecule has 0 radical (unpaired) electrons. The molecule has 6 aromatic rings. The summed E-state index contributed by atoms with van der Waals surface area (Å²) in [5.74, 6) is 0.980. The molecule has 5 aromatic carbocycles. The van der Waals surface area contributed by atoms with Crippen LogP contribution in [0.25, 0.3) is 11.0 Å². The van der Waals surface area contributed by atoms with E-state index in [9.17, 15) is 0 Å². The van der Waals surface area contributed by atoms with Gasteiger partial charge >= 0.3 is 0 Å². The van der Waals surface area contributed by atoms with Crippen molar-refractivity contribution in [2.75, 3.05) is 9.80 Å². The molecule has 5 aliphatic rings. The van der Waals surface area contributed by atoms with E-state index in [-0.39, 0.29) is 50.0 Å². The van der Waals surface area contributed by atoms with E-state index in [0.717, 1.165) is 24.3 Å². The third-order valence-electron chi connectivity index (χ3n) is 19.2. The molecule has 0 bridgehead atoms. The Hall–Kier alpha value is -4.70. The highest BCUT2D eigenvalue weighted by atomic mass is 16.4. The highest BCUT2D eigenvalue weighted by Crippen LogP contribution is 2.55. The van der Waals surface area contributed by atoms with E-state index in [0.29, 0.717) is 0 Å². The van der Waals surface area contributed by atoms with Crippen molar-refractivity contribution < 1.29 is 4.42 Å². The molecule has 3 aliphatic carbocycles. The minimum Gasteiger partial charge on any atom is -0.440 e. The predicted octanol–water partition coefficient (Wildman–Crippen LogP) is 16.8. The van der Waals surface area contributed by atoms with E-state index in [1.54, 1.807) is 0 Å². The van der Waals surface area contributed by atoms with Crippen LogP contribution in [0.15, 0.2) is 71.1 Å². The van der Waals surface area contributed by atoms with Crippen LogP contribution in [-0.2, 0) is 43.3 Å². The molecule has 4 heteroatoms. The van der Waals surface area contributed by atoms with E-state index in [1.807, 2.05) is 0 Å². The minimum atomic E-state index is -0.132. The lowest BCUT2D eigenvalue weighted by Crippen LogP contribution is -2.61. The van der Waals surface area contributed by atoms with Crippen LogP contribution in [0.3, 0.4) is 0 Å². The first-order valence-electron chi connectivity index (χ1n) is 27.1. The molecular formula is C66H83BN2O. The van der Waals surface area contributed by atoms with Crippen LogP contribution in [0.5, 0.6) is 0 Å². The Kier molecular flexibility index (Phi) is 9.87. The summed E-state index contributed by atoms with van der Waals surface area (Å²) >= 11 is 0. The first kappa shape index (κ1) is 47.6. The second-order valence-electron chi connectivity index (χ2n) is 29.2. The predicted molar refractivity (Wildman–Crippen MR) is 303 cm³/mol. The molecule has 0 unspecified atom stereocenters. The van der Waals surface area contributed by atoms with Gasteiger partial charge in [0, 0.05) is 33.6 Å². The van der Waals surface area contributed by atoms with E-state index < -0.39 is 0 Å². The molecule has 0 spiro atoms. The number of furan rings is 1. The second-order valence-corrected chi connectivity index (χ2v) is 29.2. The summed E-state index contributed by atoms with van der Waals surface area (Å²) in [5, 5.41) is 1.27. The number of benzene rings is 5. The van der Waals surface area contributed by atoms with Gasteiger partial charge in [-0.15, -0.1) is 0 Å². The van der Waals surface area contributed by atoms with Gasteiger partial charge in [-0.2, -0.15) is 0 Å². The minimum absolute atomic E-state index is 0.0276. The van der Waals surface area contributed by atoms with Gasteiger partial charge in [-0.3, -0.25) is 4.90 Å². The number of fused-ring (bicyclic) bond motifs is 9. The number of nitrogens with zero attached hydrogens (tertiary/aromatic N) is 2. The lowest BCUT2D eigenvalue weighted by Gasteiger charge is -2.47. The lowest BCUT2D eigenvalue weighted by molar-refractivity contribution is 0.332. The van der Waals surface area contributed by atoms with Crippen molar-refractivity contribution in [1.29, 1.82) is 0 Å². The monoisotopic (exact) mass is 931 g/mol. The van der Waals surface area contributed by atoms with Crippen LogP contribution in [0.4, 0.5) is 34.3 Å². The molecule has 0 saturated heterocycles. The van der Waals surface area contributed by atoms with E-state index in [2.05, 4.69) is 215 Å². The first-order chi connectivity index (χ1) is 32.2. The maximum atomic E-state index is 7.71. The summed E-state index contributed by atoms with van der Waals surface area (Å²) in [5.41, 5.74) is 25.9. The molecule has 366 valence electrons. The van der Waals surface area contributed by atoms with Gasteiger partial charge < -0.3 is 9.32 Å². The zero-order chi connectivity index (χ0) is 50.6. The molecule has 0 fully saturated rings. The van der Waals surface area contributed by atoms with Crippen LogP contribution in [0.1, 0.15) is 219 Å². The van der Waals surface area contributed by atoms with Gasteiger partial charge in [0.1, 0.15) is 5.58 Å². The number of hydrogen-bond acceptors (Lipinski definition) is 3. The highest BCUT2D eigenvalue weighted by molar-refractivity contribution is 7.01. The van der Waals surface area contributed by atoms with Gasteiger partial charge in [0.05, 0.1) is 5.69 Å². The van der Waals surface area contributed by atoms with E-state index >= 15 is 0 Å². The third-order valence-corrected chi connectivity index (χ3v) is 19.2. The van der Waals surface area contributed by atoms with Crippen molar-refractivity contribution in [3.8, 4) is 0 Å². The van der Waals surface area contributed by atoms with Crippen LogP contribution in [0, 0.1) is 13.8 Å². The van der Waals surface area contributed by atoms with Crippen LogP contribution < -0.4 is 26.2 Å². The van der Waals surface area contributed by atoms with Gasteiger partial charge in [-0.1, -0.05) is 149 Å². The van der Waals surface area contributed by atoms with Crippen molar-refractivity contribution in [2.24, 2.45) is 0 Å². The lowest BCUT2D eigenvalue weighted by atomic mass is 9.33. The topological polar surface area (TPSA) is 19.6 Å². The molecule has 0 N–H and O–H groups in total. The molecule has 3 nitrogen and oxygen atoms in total. The molecule has 3 heterocycles. The Morgan fingerprint density at radius 2 is 0.871 bits per heavy atom. The van der Waals surface area contributed by atoms with Crippen molar-refractivity contribution in [1.82, 2.24) is 0 Å². The summed E-state index contributed by atoms with van der Waals surface area (Å²) in [6.45, 7) is 48.6. The average Bonchev–Trinajstić information content (AvgIpc) is 3.62. The molecule has 11 rings (SSSR count). The van der Waals surface area contributed by atoms with Crippen LogP contribution in [-0.4, -0.2) is 6.71 Å². The van der Waals surface area contributed by atoms with E-state index in [4.69, 9.17) is 4.42 Å². The molecule has 2 aliphatic heterocycles. The number of rotatable bonds is 2. The number of aryl methyl sites for hydroxylation is 2. The van der Waals surface area contributed by atoms with Crippen LogP contribution in [0.2, 0.25) is 0 Å². The van der Waals surface area contributed by atoms with Gasteiger partial charge in [0.25, 0.3) is 6.71 Å². The fourth-order valence-corrected chi connectivity index (χ4v) is 14.0. The second kappa shape index (κ2) is 14.5. The van der Waals surface area contributed by atoms with E-state index in [1.165, 1.54) is 132 Å². The normalized spacial score (nSPS) is 20.8. The van der Waals surface area contributed by atoms with Gasteiger partial charge in [-0.05, 0) is 205 Å². The summed E-state index contributed by atoms with van der Waals surface area (Å²) < 4.78 is 7.71. The van der Waals surface area contributed by atoms with Gasteiger partial charge in [0.2, 0.25) is 5.88 Å². The van der Waals surface area contributed by atoms with Crippen molar-refractivity contribution in [2.45, 2.75) is 220 Å². The molecule has 0 saturated carbocycles. The summed E-state index contributed by atoms with van der Waals surface area (Å²) in [4.78, 5) is 5.33.